The van der Waals surface area contributed by atoms with Crippen LogP contribution in [0.25, 0.3) is 10.8 Å². The highest BCUT2D eigenvalue weighted by atomic mass is 35.5. The second-order valence-corrected chi connectivity index (χ2v) is 16.8. The topological polar surface area (TPSA) is 120 Å². The maximum atomic E-state index is 15.5. The Morgan fingerprint density at radius 2 is 1.38 bits per heavy atom. The van der Waals surface area contributed by atoms with Crippen LogP contribution in [0, 0.1) is 23.7 Å². The summed E-state index contributed by atoms with van der Waals surface area (Å²) in [6.07, 6.45) is -14.3. The summed E-state index contributed by atoms with van der Waals surface area (Å²) in [7, 11) is 0. The number of aromatic nitrogens is 1. The number of phenols is 1. The van der Waals surface area contributed by atoms with Crippen molar-refractivity contribution in [2.45, 2.75) is 42.7 Å². The van der Waals surface area contributed by atoms with Crippen LogP contribution >= 0.6 is 23.2 Å². The number of carbonyl (C=O) groups is 4. The molecule has 6 atom stereocenters. The number of pyridine rings is 1. The smallest absolute Gasteiger partial charge is 0.417 e. The molecule has 4 aromatic carbocycles. The molecule has 0 radical (unpaired) electrons. The summed E-state index contributed by atoms with van der Waals surface area (Å²) in [6.45, 7) is 0. The molecule has 2 aliphatic heterocycles. The summed E-state index contributed by atoms with van der Waals surface area (Å²) in [5, 5.41) is 13.1. The molecule has 3 heterocycles. The Morgan fingerprint density at radius 1 is 0.734 bits per heavy atom. The first-order valence-electron chi connectivity index (χ1n) is 19.2. The van der Waals surface area contributed by atoms with Gasteiger partial charge in [-0.3, -0.25) is 24.6 Å². The van der Waals surface area contributed by atoms with Crippen molar-refractivity contribution in [2.75, 3.05) is 10.3 Å². The van der Waals surface area contributed by atoms with Crippen molar-refractivity contribution in [1.82, 2.24) is 9.99 Å². The van der Waals surface area contributed by atoms with Crippen molar-refractivity contribution in [3.8, 4) is 5.75 Å². The number of anilines is 2. The van der Waals surface area contributed by atoms with Crippen LogP contribution in [0.2, 0.25) is 10.0 Å². The van der Waals surface area contributed by atoms with Crippen molar-refractivity contribution < 1.29 is 63.8 Å². The van der Waals surface area contributed by atoms with Gasteiger partial charge in [-0.05, 0) is 66.1 Å². The van der Waals surface area contributed by atoms with E-state index >= 15 is 4.79 Å². The number of phenolic OH excluding ortho intramolecular Hbond substituents is 1. The van der Waals surface area contributed by atoms with Crippen molar-refractivity contribution >= 4 is 69.1 Å². The van der Waals surface area contributed by atoms with E-state index in [0.717, 1.165) is 0 Å². The molecular formula is C44H27Cl2F9N4O5. The predicted octanol–water partition coefficient (Wildman–Crippen LogP) is 10.5. The maximum absolute atomic E-state index is 15.5. The SMILES string of the molecule is O=C1C2CC3C(=CCC4C(=O)N(c5cc(C(F)(F)F)cc(C(F)(F)F)c5)C(=O)C43)C(c3ccc4ccccc4c3O)C2(c2ccc(Cl)cc2)C(=O)N1Nc1ncc(C(F)(F)F)cc1Cl. The Labute approximate surface area is 365 Å². The van der Waals surface area contributed by atoms with Crippen LogP contribution in [-0.2, 0) is 43.1 Å². The van der Waals surface area contributed by atoms with Crippen LogP contribution in [0.5, 0.6) is 5.75 Å². The third-order valence-corrected chi connectivity index (χ3v) is 13.2. The lowest BCUT2D eigenvalue weighted by Crippen LogP contribution is -2.53. The fraction of sp³-hybridized carbons (Fsp3) is 0.250. The average Bonchev–Trinajstić information content (AvgIpc) is 3.61. The number of halogens is 11. The molecule has 2 N–H and O–H groups in total. The van der Waals surface area contributed by atoms with Gasteiger partial charge in [-0.2, -0.15) is 44.5 Å². The van der Waals surface area contributed by atoms with Crippen LogP contribution in [0.4, 0.5) is 51.0 Å². The van der Waals surface area contributed by atoms with Crippen molar-refractivity contribution in [3.63, 3.8) is 0 Å². The number of benzene rings is 4. The van der Waals surface area contributed by atoms with E-state index in [2.05, 4.69) is 10.4 Å². The zero-order valence-corrected chi connectivity index (χ0v) is 33.6. The summed E-state index contributed by atoms with van der Waals surface area (Å²) < 4.78 is 125. The van der Waals surface area contributed by atoms with Gasteiger partial charge in [0.15, 0.2) is 5.82 Å². The molecular weight excluding hydrogens is 906 g/mol. The largest absolute Gasteiger partial charge is 0.507 e. The molecule has 3 fully saturated rings. The summed E-state index contributed by atoms with van der Waals surface area (Å²) in [4.78, 5) is 63.3. The molecule has 330 valence electrons. The maximum Gasteiger partial charge on any atom is 0.417 e. The number of nitrogens with zero attached hydrogens (tertiary/aromatic N) is 3. The Hall–Kier alpha value is -6.14. The molecule has 9 rings (SSSR count). The van der Waals surface area contributed by atoms with Crippen molar-refractivity contribution in [2.24, 2.45) is 23.7 Å². The first-order valence-corrected chi connectivity index (χ1v) is 20.0. The fourth-order valence-electron chi connectivity index (χ4n) is 9.95. The normalized spacial score (nSPS) is 24.8. The number of nitrogens with one attached hydrogen (secondary N) is 1. The number of hydrogen-bond donors (Lipinski definition) is 2. The molecule has 5 aromatic rings. The first kappa shape index (κ1) is 43.1. The molecule has 2 aliphatic carbocycles. The van der Waals surface area contributed by atoms with Crippen LogP contribution < -0.4 is 10.3 Å². The van der Waals surface area contributed by atoms with Gasteiger partial charge in [0.1, 0.15) is 5.75 Å². The molecule has 1 aromatic heterocycles. The summed E-state index contributed by atoms with van der Waals surface area (Å²) in [5.41, 5.74) is -4.89. The van der Waals surface area contributed by atoms with Gasteiger partial charge in [0, 0.05) is 28.1 Å². The Bertz CT molecular complexity index is 2840. The van der Waals surface area contributed by atoms with Crippen molar-refractivity contribution in [1.29, 1.82) is 0 Å². The average molecular weight is 934 g/mol. The number of hydrazine groups is 1. The number of alkyl halides is 9. The molecule has 64 heavy (non-hydrogen) atoms. The number of aromatic hydroxyl groups is 1. The van der Waals surface area contributed by atoms with E-state index in [1.165, 1.54) is 36.4 Å². The molecule has 2 saturated heterocycles. The minimum absolute atomic E-state index is 0.0584. The molecule has 6 unspecified atom stereocenters. The fourth-order valence-corrected chi connectivity index (χ4v) is 10.3. The van der Waals surface area contributed by atoms with Gasteiger partial charge in [0.05, 0.1) is 50.6 Å². The standard InChI is InChI=1S/C44H27Cl2F9N4O5/c45-24-8-6-20(7-9-24)41-31(38(62)59(40(41)64)57-36-32(46)16-23(18-56-36)44(53,54)55)17-30-27(34(41)29-10-5-19-3-1-2-4-26(19)35(29)60)11-12-28-33(30)39(63)58(37(28)61)25-14-21(42(47,48)49)13-22(15-25)43(50,51)52/h1-11,13-16,18,28,30-31,33-34,60H,12,17H2,(H,56,57). The molecule has 4 aliphatic rings. The Balaban J connectivity index is 1.24. The van der Waals surface area contributed by atoms with E-state index < -0.39 is 117 Å². The number of amides is 4. The summed E-state index contributed by atoms with van der Waals surface area (Å²) >= 11 is 12.5. The quantitative estimate of drug-likeness (QED) is 0.102. The lowest BCUT2D eigenvalue weighted by atomic mass is 9.49. The number of hydrogen-bond acceptors (Lipinski definition) is 7. The number of rotatable bonds is 5. The van der Waals surface area contributed by atoms with E-state index in [1.807, 2.05) is 0 Å². The first-order chi connectivity index (χ1) is 30.0. The Morgan fingerprint density at radius 3 is 2.00 bits per heavy atom. The van der Waals surface area contributed by atoms with Gasteiger partial charge in [-0.1, -0.05) is 83.4 Å². The van der Waals surface area contributed by atoms with Gasteiger partial charge < -0.3 is 5.11 Å². The highest BCUT2D eigenvalue weighted by molar-refractivity contribution is 6.33. The van der Waals surface area contributed by atoms with Crippen LogP contribution in [0.15, 0.2) is 103 Å². The number of carbonyl (C=O) groups excluding carboxylic acids is 4. The number of imide groups is 2. The van der Waals surface area contributed by atoms with Gasteiger partial charge in [0.2, 0.25) is 11.8 Å². The zero-order chi connectivity index (χ0) is 46.0. The van der Waals surface area contributed by atoms with E-state index in [-0.39, 0.29) is 57.0 Å². The zero-order valence-electron chi connectivity index (χ0n) is 32.1. The van der Waals surface area contributed by atoms with Gasteiger partial charge in [0.25, 0.3) is 11.8 Å². The third kappa shape index (κ3) is 6.58. The van der Waals surface area contributed by atoms with Crippen LogP contribution in [-0.4, -0.2) is 38.7 Å². The highest BCUT2D eigenvalue weighted by Crippen LogP contribution is 2.65. The highest BCUT2D eigenvalue weighted by Gasteiger charge is 2.71. The minimum Gasteiger partial charge on any atom is -0.507 e. The second-order valence-electron chi connectivity index (χ2n) is 15.9. The number of allylic oxidation sites excluding steroid dienone is 2. The molecule has 4 amide bonds. The van der Waals surface area contributed by atoms with E-state index in [1.54, 1.807) is 30.3 Å². The van der Waals surface area contributed by atoms with Gasteiger partial charge in [-0.25, -0.2) is 9.88 Å². The lowest BCUT2D eigenvalue weighted by molar-refractivity contribution is -0.143. The van der Waals surface area contributed by atoms with E-state index in [9.17, 15) is 59.0 Å². The molecule has 9 nitrogen and oxygen atoms in total. The lowest BCUT2D eigenvalue weighted by Gasteiger charge is -2.50. The monoisotopic (exact) mass is 932 g/mol. The van der Waals surface area contributed by atoms with Crippen molar-refractivity contribution in [3.05, 3.63) is 141 Å². The van der Waals surface area contributed by atoms with Gasteiger partial charge >= 0.3 is 18.5 Å². The molecule has 20 heteroatoms. The Kier molecular flexibility index (Phi) is 9.91. The number of fused-ring (bicyclic) bond motifs is 5. The minimum atomic E-state index is -5.32. The summed E-state index contributed by atoms with van der Waals surface area (Å²) in [6, 6.07) is 16.4. The van der Waals surface area contributed by atoms with Gasteiger partial charge in [-0.15, -0.1) is 0 Å². The third-order valence-electron chi connectivity index (χ3n) is 12.6. The van der Waals surface area contributed by atoms with Crippen LogP contribution in [0.3, 0.4) is 0 Å². The van der Waals surface area contributed by atoms with Crippen LogP contribution in [0.1, 0.15) is 46.6 Å². The summed E-state index contributed by atoms with van der Waals surface area (Å²) in [5.74, 6) is -12.2. The molecule has 1 saturated carbocycles. The van der Waals surface area contributed by atoms with E-state index in [0.29, 0.717) is 28.0 Å². The van der Waals surface area contributed by atoms with E-state index in [4.69, 9.17) is 23.2 Å². The molecule has 0 spiro atoms. The predicted molar refractivity (Wildman–Crippen MR) is 211 cm³/mol. The second kappa shape index (κ2) is 14.7. The molecule has 0 bridgehead atoms.